The molecule has 1 aromatic rings. The summed E-state index contributed by atoms with van der Waals surface area (Å²) in [5.41, 5.74) is -0.793. The summed E-state index contributed by atoms with van der Waals surface area (Å²) in [4.78, 5) is 0.854. The summed E-state index contributed by atoms with van der Waals surface area (Å²) in [6.07, 6.45) is 0.643. The van der Waals surface area contributed by atoms with Crippen LogP contribution in [0.4, 0.5) is 8.78 Å². The summed E-state index contributed by atoms with van der Waals surface area (Å²) >= 11 is 2.70. The number of rotatable bonds is 3. The molecule has 0 amide bonds. The summed E-state index contributed by atoms with van der Waals surface area (Å²) in [7, 11) is -4.14. The van der Waals surface area contributed by atoms with E-state index in [9.17, 15) is 17.2 Å². The van der Waals surface area contributed by atoms with Crippen LogP contribution in [0, 0.1) is 5.82 Å². The van der Waals surface area contributed by atoms with Crippen molar-refractivity contribution in [3.8, 4) is 0 Å². The van der Waals surface area contributed by atoms with E-state index in [1.165, 1.54) is 0 Å². The molecule has 1 rings (SSSR count). The van der Waals surface area contributed by atoms with Gasteiger partial charge in [0.15, 0.2) is 5.82 Å². The van der Waals surface area contributed by atoms with Crippen molar-refractivity contribution in [3.05, 3.63) is 17.0 Å². The lowest BCUT2D eigenvalue weighted by molar-refractivity contribution is 0.483. The van der Waals surface area contributed by atoms with Crippen molar-refractivity contribution < 1.29 is 17.2 Å². The first-order valence-electron chi connectivity index (χ1n) is 4.82. The van der Waals surface area contributed by atoms with E-state index in [1.807, 2.05) is 0 Å². The van der Waals surface area contributed by atoms with E-state index in [0.29, 0.717) is 10.9 Å². The number of halogens is 3. The summed E-state index contributed by atoms with van der Waals surface area (Å²) in [5.74, 6) is -2.07. The Morgan fingerprint density at radius 2 is 2.11 bits per heavy atom. The number of sulfonamides is 1. The van der Waals surface area contributed by atoms with Crippen LogP contribution in [0.25, 0.3) is 5.95 Å². The maximum Gasteiger partial charge on any atom is 0.263 e. The minimum absolute atomic E-state index is 0.487. The van der Waals surface area contributed by atoms with Gasteiger partial charge >= 0.3 is 0 Å². The van der Waals surface area contributed by atoms with Gasteiger partial charge in [0, 0.05) is 10.5 Å². The van der Waals surface area contributed by atoms with Crippen molar-refractivity contribution in [1.29, 1.82) is 0 Å². The smallest absolute Gasteiger partial charge is 0.209 e. The van der Waals surface area contributed by atoms with E-state index >= 15 is 0 Å². The zero-order valence-corrected chi connectivity index (χ0v) is 12.3. The standard InChI is InChI=1S/C9H12BrF2N3O2S/c1-9(2,3)14-18(16,17)8-6(11)5-15(13-8)7(12)4-10/h4-5,14H,1-3H3/b7-4-. The number of nitrogens with zero attached hydrogens (tertiary/aromatic N) is 2. The van der Waals surface area contributed by atoms with Gasteiger partial charge < -0.3 is 0 Å². The fourth-order valence-corrected chi connectivity index (χ4v) is 2.75. The first kappa shape index (κ1) is 15.3. The largest absolute Gasteiger partial charge is 0.263 e. The van der Waals surface area contributed by atoms with E-state index in [4.69, 9.17) is 0 Å². The predicted octanol–water partition coefficient (Wildman–Crippen LogP) is 2.22. The van der Waals surface area contributed by atoms with Crippen molar-refractivity contribution in [3.63, 3.8) is 0 Å². The highest BCUT2D eigenvalue weighted by Crippen LogP contribution is 2.17. The molecular weight excluding hydrogens is 332 g/mol. The third kappa shape index (κ3) is 3.59. The minimum Gasteiger partial charge on any atom is -0.209 e. The molecule has 1 aromatic heterocycles. The van der Waals surface area contributed by atoms with Crippen molar-refractivity contribution in [2.45, 2.75) is 31.3 Å². The van der Waals surface area contributed by atoms with Gasteiger partial charge in [-0.3, -0.25) is 0 Å². The molecule has 0 aliphatic carbocycles. The number of hydrogen-bond donors (Lipinski definition) is 1. The molecule has 0 aromatic carbocycles. The molecule has 0 atom stereocenters. The first-order valence-corrected chi connectivity index (χ1v) is 7.22. The quantitative estimate of drug-likeness (QED) is 0.915. The maximum atomic E-state index is 13.5. The molecule has 0 radical (unpaired) electrons. The molecule has 5 nitrogen and oxygen atoms in total. The van der Waals surface area contributed by atoms with Gasteiger partial charge in [-0.15, -0.1) is 5.10 Å². The van der Waals surface area contributed by atoms with Crippen LogP contribution >= 0.6 is 15.9 Å². The molecule has 0 bridgehead atoms. The zero-order chi connectivity index (χ0) is 14.1. The van der Waals surface area contributed by atoms with Crippen molar-refractivity contribution in [2.24, 2.45) is 0 Å². The fourth-order valence-electron chi connectivity index (χ4n) is 1.13. The van der Waals surface area contributed by atoms with Crippen LogP contribution in [0.15, 0.2) is 16.2 Å². The monoisotopic (exact) mass is 343 g/mol. The van der Waals surface area contributed by atoms with Crippen molar-refractivity contribution in [2.75, 3.05) is 0 Å². The fraction of sp³-hybridized carbons (Fsp3) is 0.444. The lowest BCUT2D eigenvalue weighted by Crippen LogP contribution is -2.41. The second kappa shape index (κ2) is 5.06. The third-order valence-corrected chi connectivity index (χ3v) is 3.69. The topological polar surface area (TPSA) is 64.0 Å². The van der Waals surface area contributed by atoms with Crippen molar-refractivity contribution >= 4 is 31.9 Å². The van der Waals surface area contributed by atoms with Gasteiger partial charge in [0.25, 0.3) is 10.0 Å². The Labute approximate surface area is 112 Å². The van der Waals surface area contributed by atoms with Crippen LogP contribution in [-0.4, -0.2) is 23.7 Å². The van der Waals surface area contributed by atoms with Crippen LogP contribution < -0.4 is 4.72 Å². The van der Waals surface area contributed by atoms with E-state index in [2.05, 4.69) is 25.8 Å². The second-order valence-electron chi connectivity index (χ2n) is 4.51. The molecule has 0 unspecified atom stereocenters. The Morgan fingerprint density at radius 3 is 2.56 bits per heavy atom. The molecule has 0 saturated carbocycles. The summed E-state index contributed by atoms with van der Waals surface area (Å²) in [6, 6.07) is 0. The van der Waals surface area contributed by atoms with Crippen LogP contribution in [0.1, 0.15) is 20.8 Å². The van der Waals surface area contributed by atoms with Crippen molar-refractivity contribution in [1.82, 2.24) is 14.5 Å². The lowest BCUT2D eigenvalue weighted by Gasteiger charge is -2.19. The SMILES string of the molecule is CC(C)(C)NS(=O)(=O)c1nn(/C(F)=C\Br)cc1F. The molecule has 0 saturated heterocycles. The second-order valence-corrected chi connectivity index (χ2v) is 6.57. The molecule has 102 valence electrons. The Bertz CT molecular complexity index is 575. The van der Waals surface area contributed by atoms with Crippen LogP contribution in [-0.2, 0) is 10.0 Å². The van der Waals surface area contributed by atoms with E-state index in [1.54, 1.807) is 20.8 Å². The van der Waals surface area contributed by atoms with Gasteiger partial charge in [-0.05, 0) is 20.8 Å². The summed E-state index contributed by atoms with van der Waals surface area (Å²) in [5, 5.41) is 2.51. The van der Waals surface area contributed by atoms with Gasteiger partial charge in [0.2, 0.25) is 11.0 Å². The summed E-state index contributed by atoms with van der Waals surface area (Å²) in [6.45, 7) is 4.79. The molecule has 0 aliphatic rings. The Kier molecular flexibility index (Phi) is 4.29. The highest BCUT2D eigenvalue weighted by molar-refractivity contribution is 9.11. The first-order chi connectivity index (χ1) is 8.07. The molecule has 0 aliphatic heterocycles. The Balaban J connectivity index is 3.23. The third-order valence-electron chi connectivity index (χ3n) is 1.64. The van der Waals surface area contributed by atoms with Gasteiger partial charge in [0.05, 0.1) is 6.20 Å². The molecule has 18 heavy (non-hydrogen) atoms. The Morgan fingerprint density at radius 1 is 1.56 bits per heavy atom. The van der Waals surface area contributed by atoms with Crippen LogP contribution in [0.5, 0.6) is 0 Å². The number of aromatic nitrogens is 2. The average molecular weight is 344 g/mol. The predicted molar refractivity (Wildman–Crippen MR) is 66.6 cm³/mol. The normalized spacial score (nSPS) is 14.0. The highest BCUT2D eigenvalue weighted by Gasteiger charge is 2.28. The molecular formula is C9H12BrF2N3O2S. The molecule has 0 fully saturated rings. The average Bonchev–Trinajstić information content (AvgIpc) is 2.56. The zero-order valence-electron chi connectivity index (χ0n) is 9.91. The van der Waals surface area contributed by atoms with Gasteiger partial charge in [-0.25, -0.2) is 22.2 Å². The van der Waals surface area contributed by atoms with E-state index < -0.39 is 32.4 Å². The summed E-state index contributed by atoms with van der Waals surface area (Å²) < 4.78 is 52.9. The lowest BCUT2D eigenvalue weighted by atomic mass is 10.1. The molecule has 9 heteroatoms. The van der Waals surface area contributed by atoms with Crippen LogP contribution in [0.3, 0.4) is 0 Å². The van der Waals surface area contributed by atoms with E-state index in [0.717, 1.165) is 4.99 Å². The molecule has 1 N–H and O–H groups in total. The molecule has 0 spiro atoms. The van der Waals surface area contributed by atoms with Gasteiger partial charge in [-0.1, -0.05) is 15.9 Å². The van der Waals surface area contributed by atoms with Crippen LogP contribution in [0.2, 0.25) is 0 Å². The van der Waals surface area contributed by atoms with E-state index in [-0.39, 0.29) is 0 Å². The highest BCUT2D eigenvalue weighted by atomic mass is 79.9. The van der Waals surface area contributed by atoms with Gasteiger partial charge in [-0.2, -0.15) is 4.39 Å². The minimum atomic E-state index is -4.14. The number of hydrogen-bond acceptors (Lipinski definition) is 3. The molecule has 1 heterocycles. The number of nitrogens with one attached hydrogen (secondary N) is 1. The van der Waals surface area contributed by atoms with Gasteiger partial charge in [0.1, 0.15) is 0 Å². The Hall–Kier alpha value is -0.800. The maximum absolute atomic E-state index is 13.5.